The molecular weight excluding hydrogens is 200 g/mol. The van der Waals surface area contributed by atoms with Crippen molar-refractivity contribution in [2.75, 3.05) is 0 Å². The fourth-order valence-electron chi connectivity index (χ4n) is 1.07. The molecule has 0 saturated heterocycles. The van der Waals surface area contributed by atoms with Crippen molar-refractivity contribution >= 4 is 23.1 Å². The molecule has 1 heterocycles. The van der Waals surface area contributed by atoms with Crippen molar-refractivity contribution in [3.05, 3.63) is 18.2 Å². The first-order valence-corrected chi connectivity index (χ1v) is 4.53. The summed E-state index contributed by atoms with van der Waals surface area (Å²) in [6.07, 6.45) is 3.30. The molecule has 1 aromatic rings. The van der Waals surface area contributed by atoms with Gasteiger partial charge in [0, 0.05) is 18.9 Å². The van der Waals surface area contributed by atoms with Gasteiger partial charge in [-0.15, -0.1) is 0 Å². The number of nitrogens with two attached hydrogens (primary N) is 2. The minimum Gasteiger partial charge on any atom is -0.387 e. The lowest BCUT2D eigenvalue weighted by atomic mass is 10.2. The molecule has 0 aliphatic carbocycles. The molecule has 1 rings (SSSR count). The van der Waals surface area contributed by atoms with Gasteiger partial charge in [-0.05, 0) is 0 Å². The highest BCUT2D eigenvalue weighted by Crippen LogP contribution is 2.03. The maximum absolute atomic E-state index is 10.8. The third kappa shape index (κ3) is 2.29. The van der Waals surface area contributed by atoms with Crippen LogP contribution in [0.3, 0.4) is 0 Å². The summed E-state index contributed by atoms with van der Waals surface area (Å²) in [5, 5.41) is 0. The van der Waals surface area contributed by atoms with E-state index in [2.05, 4.69) is 4.98 Å². The quantitative estimate of drug-likeness (QED) is 0.667. The molecule has 6 heteroatoms. The van der Waals surface area contributed by atoms with Crippen LogP contribution in [0.15, 0.2) is 12.4 Å². The summed E-state index contributed by atoms with van der Waals surface area (Å²) in [7, 11) is 0. The first kappa shape index (κ1) is 10.6. The largest absolute Gasteiger partial charge is 0.387 e. The molecule has 0 fully saturated rings. The van der Waals surface area contributed by atoms with Crippen LogP contribution in [0.2, 0.25) is 0 Å². The summed E-state index contributed by atoms with van der Waals surface area (Å²) in [4.78, 5) is 15.0. The Labute approximate surface area is 87.1 Å². The average molecular weight is 212 g/mol. The highest BCUT2D eigenvalue weighted by atomic mass is 32.1. The summed E-state index contributed by atoms with van der Waals surface area (Å²) < 4.78 is 1.72. The summed E-state index contributed by atoms with van der Waals surface area (Å²) >= 11 is 4.80. The van der Waals surface area contributed by atoms with Crippen molar-refractivity contribution < 1.29 is 4.79 Å². The molecule has 0 bridgehead atoms. The highest BCUT2D eigenvalue weighted by molar-refractivity contribution is 7.80. The number of primary amides is 1. The molecule has 1 amide bonds. The Balaban J connectivity index is 2.81. The number of amides is 1. The van der Waals surface area contributed by atoms with Crippen molar-refractivity contribution in [3.8, 4) is 0 Å². The number of hydrogen-bond donors (Lipinski definition) is 2. The molecule has 5 nitrogen and oxygen atoms in total. The zero-order valence-electron chi connectivity index (χ0n) is 7.80. The molecule has 0 aromatic carbocycles. The number of rotatable bonds is 4. The standard InChI is InChI=1S/C8H12N4OS/c1-5(6(9)13)4-12-3-2-11-8(12)7(10)14/h2-3,5H,4H2,1H3,(H2,9,13)(H2,10,14). The van der Waals surface area contributed by atoms with Crippen molar-refractivity contribution in [2.24, 2.45) is 17.4 Å². The summed E-state index contributed by atoms with van der Waals surface area (Å²) in [5.41, 5.74) is 10.6. The monoisotopic (exact) mass is 212 g/mol. The van der Waals surface area contributed by atoms with Gasteiger partial charge in [-0.3, -0.25) is 4.79 Å². The Kier molecular flexibility index (Phi) is 3.19. The number of carbonyl (C=O) groups excluding carboxylic acids is 1. The van der Waals surface area contributed by atoms with Gasteiger partial charge in [0.1, 0.15) is 4.99 Å². The van der Waals surface area contributed by atoms with E-state index in [0.29, 0.717) is 12.4 Å². The van der Waals surface area contributed by atoms with Gasteiger partial charge < -0.3 is 16.0 Å². The summed E-state index contributed by atoms with van der Waals surface area (Å²) in [6.45, 7) is 2.19. The van der Waals surface area contributed by atoms with E-state index in [1.54, 1.807) is 23.9 Å². The van der Waals surface area contributed by atoms with Crippen LogP contribution in [-0.2, 0) is 11.3 Å². The smallest absolute Gasteiger partial charge is 0.222 e. The molecule has 4 N–H and O–H groups in total. The van der Waals surface area contributed by atoms with Gasteiger partial charge >= 0.3 is 0 Å². The van der Waals surface area contributed by atoms with Crippen molar-refractivity contribution in [2.45, 2.75) is 13.5 Å². The Morgan fingerprint density at radius 2 is 2.36 bits per heavy atom. The van der Waals surface area contributed by atoms with E-state index in [-0.39, 0.29) is 16.8 Å². The lowest BCUT2D eigenvalue weighted by molar-refractivity contribution is -0.121. The number of thiocarbonyl (C=S) groups is 1. The van der Waals surface area contributed by atoms with Gasteiger partial charge in [0.15, 0.2) is 5.82 Å². The number of nitrogens with zero attached hydrogens (tertiary/aromatic N) is 2. The van der Waals surface area contributed by atoms with Crippen LogP contribution >= 0.6 is 12.2 Å². The Bertz CT molecular complexity index is 360. The number of aromatic nitrogens is 2. The molecule has 0 radical (unpaired) electrons. The van der Waals surface area contributed by atoms with E-state index in [1.165, 1.54) is 0 Å². The molecule has 76 valence electrons. The maximum Gasteiger partial charge on any atom is 0.222 e. The topological polar surface area (TPSA) is 86.9 Å². The van der Waals surface area contributed by atoms with Crippen LogP contribution in [0.1, 0.15) is 12.7 Å². The van der Waals surface area contributed by atoms with E-state index in [4.69, 9.17) is 23.7 Å². The molecular formula is C8H12N4OS. The molecule has 0 spiro atoms. The first-order valence-electron chi connectivity index (χ1n) is 4.12. The minimum absolute atomic E-state index is 0.215. The van der Waals surface area contributed by atoms with Crippen molar-refractivity contribution in [1.82, 2.24) is 9.55 Å². The zero-order valence-corrected chi connectivity index (χ0v) is 8.62. The fraction of sp³-hybridized carbons (Fsp3) is 0.375. The van der Waals surface area contributed by atoms with Gasteiger partial charge in [-0.1, -0.05) is 19.1 Å². The second-order valence-corrected chi connectivity index (χ2v) is 3.51. The normalized spacial score (nSPS) is 12.4. The van der Waals surface area contributed by atoms with Crippen LogP contribution in [0.5, 0.6) is 0 Å². The number of carbonyl (C=O) groups is 1. The molecule has 0 saturated carbocycles. The third-order valence-electron chi connectivity index (χ3n) is 1.89. The molecule has 1 atom stereocenters. The highest BCUT2D eigenvalue weighted by Gasteiger charge is 2.12. The third-order valence-corrected chi connectivity index (χ3v) is 2.07. The maximum atomic E-state index is 10.8. The van der Waals surface area contributed by atoms with Crippen LogP contribution in [0.25, 0.3) is 0 Å². The van der Waals surface area contributed by atoms with E-state index >= 15 is 0 Å². The summed E-state index contributed by atoms with van der Waals surface area (Å²) in [5.74, 6) is -0.113. The molecule has 1 aromatic heterocycles. The van der Waals surface area contributed by atoms with Crippen molar-refractivity contribution in [1.29, 1.82) is 0 Å². The Morgan fingerprint density at radius 1 is 1.71 bits per heavy atom. The SMILES string of the molecule is CC(Cn1ccnc1C(N)=S)C(N)=O. The first-order chi connectivity index (χ1) is 6.52. The van der Waals surface area contributed by atoms with Crippen LogP contribution < -0.4 is 11.5 Å². The van der Waals surface area contributed by atoms with Gasteiger partial charge in [-0.25, -0.2) is 4.98 Å². The predicted octanol–water partition coefficient (Wildman–Crippen LogP) is -0.361. The van der Waals surface area contributed by atoms with Gasteiger partial charge in [0.05, 0.1) is 5.92 Å². The molecule has 0 aliphatic heterocycles. The second-order valence-electron chi connectivity index (χ2n) is 3.07. The lowest BCUT2D eigenvalue weighted by Gasteiger charge is -2.10. The van der Waals surface area contributed by atoms with Crippen molar-refractivity contribution in [3.63, 3.8) is 0 Å². The predicted molar refractivity (Wildman–Crippen MR) is 56.5 cm³/mol. The van der Waals surface area contributed by atoms with E-state index < -0.39 is 0 Å². The van der Waals surface area contributed by atoms with Crippen LogP contribution in [0.4, 0.5) is 0 Å². The van der Waals surface area contributed by atoms with E-state index in [1.807, 2.05) is 0 Å². The molecule has 14 heavy (non-hydrogen) atoms. The van der Waals surface area contributed by atoms with Gasteiger partial charge in [0.2, 0.25) is 5.91 Å². The molecule has 0 aliphatic rings. The van der Waals surface area contributed by atoms with E-state index in [0.717, 1.165) is 0 Å². The minimum atomic E-state index is -0.354. The fourth-order valence-corrected chi connectivity index (χ4v) is 1.24. The Hall–Kier alpha value is -1.43. The molecule has 1 unspecified atom stereocenters. The van der Waals surface area contributed by atoms with Gasteiger partial charge in [0.25, 0.3) is 0 Å². The zero-order chi connectivity index (χ0) is 10.7. The second kappa shape index (κ2) is 4.19. The van der Waals surface area contributed by atoms with Gasteiger partial charge in [-0.2, -0.15) is 0 Å². The summed E-state index contributed by atoms with van der Waals surface area (Å²) in [6, 6.07) is 0. The number of imidazole rings is 1. The Morgan fingerprint density at radius 3 is 2.86 bits per heavy atom. The lowest BCUT2D eigenvalue weighted by Crippen LogP contribution is -2.26. The van der Waals surface area contributed by atoms with E-state index in [9.17, 15) is 4.79 Å². The van der Waals surface area contributed by atoms with Crippen LogP contribution in [0, 0.1) is 5.92 Å². The number of hydrogen-bond acceptors (Lipinski definition) is 3. The van der Waals surface area contributed by atoms with Crippen LogP contribution in [-0.4, -0.2) is 20.4 Å². The average Bonchev–Trinajstić information content (AvgIpc) is 2.52.